The molecule has 1 N–H and O–H groups in total. The summed E-state index contributed by atoms with van der Waals surface area (Å²) >= 11 is 3.47. The average Bonchev–Trinajstić information content (AvgIpc) is 3.44. The SMILES string of the molecule is COCCN(C[C@@H]1CCCN2CCCC[C@@H]12)C(=O)[C@@H]1CC(=O)N(c2n[nH]c3cc(Br)ccc23)C1. The molecule has 0 radical (unpaired) electrons. The van der Waals surface area contributed by atoms with E-state index in [9.17, 15) is 9.59 Å². The second-order valence-electron chi connectivity index (χ2n) is 9.92. The van der Waals surface area contributed by atoms with E-state index >= 15 is 0 Å². The number of nitrogens with zero attached hydrogens (tertiary/aromatic N) is 4. The van der Waals surface area contributed by atoms with Crippen molar-refractivity contribution in [3.05, 3.63) is 22.7 Å². The van der Waals surface area contributed by atoms with Gasteiger partial charge in [-0.15, -0.1) is 0 Å². The van der Waals surface area contributed by atoms with E-state index in [1.807, 2.05) is 23.1 Å². The molecule has 0 aliphatic carbocycles. The molecule has 3 fully saturated rings. The van der Waals surface area contributed by atoms with Gasteiger partial charge in [-0.3, -0.25) is 19.6 Å². The van der Waals surface area contributed by atoms with Crippen LogP contribution in [0.1, 0.15) is 38.5 Å². The zero-order valence-corrected chi connectivity index (χ0v) is 21.4. The van der Waals surface area contributed by atoms with Crippen molar-refractivity contribution in [2.45, 2.75) is 44.6 Å². The summed E-state index contributed by atoms with van der Waals surface area (Å²) in [6.45, 7) is 4.59. The third-order valence-electron chi connectivity index (χ3n) is 7.80. The van der Waals surface area contributed by atoms with Crippen LogP contribution in [0.3, 0.4) is 0 Å². The molecule has 34 heavy (non-hydrogen) atoms. The van der Waals surface area contributed by atoms with E-state index in [0.29, 0.717) is 37.5 Å². The van der Waals surface area contributed by atoms with Gasteiger partial charge in [-0.25, -0.2) is 0 Å². The third kappa shape index (κ3) is 4.75. The molecule has 5 rings (SSSR count). The van der Waals surface area contributed by atoms with Crippen molar-refractivity contribution >= 4 is 44.5 Å². The number of methoxy groups -OCH3 is 1. The Morgan fingerprint density at radius 2 is 2.12 bits per heavy atom. The topological polar surface area (TPSA) is 81.8 Å². The van der Waals surface area contributed by atoms with E-state index in [0.717, 1.165) is 21.9 Å². The molecule has 4 heterocycles. The van der Waals surface area contributed by atoms with Crippen molar-refractivity contribution in [2.24, 2.45) is 11.8 Å². The van der Waals surface area contributed by atoms with E-state index in [4.69, 9.17) is 4.74 Å². The Kier molecular flexibility index (Phi) is 7.22. The molecule has 0 saturated carbocycles. The second-order valence-corrected chi connectivity index (χ2v) is 10.8. The fraction of sp³-hybridized carbons (Fsp3) is 0.640. The molecular formula is C25H34BrN5O3. The highest BCUT2D eigenvalue weighted by Crippen LogP contribution is 2.34. The monoisotopic (exact) mass is 531 g/mol. The summed E-state index contributed by atoms with van der Waals surface area (Å²) in [7, 11) is 1.67. The van der Waals surface area contributed by atoms with Crippen molar-refractivity contribution in [3.63, 3.8) is 0 Å². The number of piperidine rings is 2. The Morgan fingerprint density at radius 3 is 2.97 bits per heavy atom. The van der Waals surface area contributed by atoms with Gasteiger partial charge in [0.05, 0.1) is 18.0 Å². The van der Waals surface area contributed by atoms with Crippen molar-refractivity contribution in [1.82, 2.24) is 20.0 Å². The van der Waals surface area contributed by atoms with Gasteiger partial charge in [0.1, 0.15) is 0 Å². The zero-order chi connectivity index (χ0) is 23.7. The van der Waals surface area contributed by atoms with Crippen LogP contribution in [-0.4, -0.2) is 84.3 Å². The number of aromatic amines is 1. The lowest BCUT2D eigenvalue weighted by Gasteiger charge is -2.46. The molecule has 184 valence electrons. The van der Waals surface area contributed by atoms with Gasteiger partial charge < -0.3 is 14.5 Å². The number of fused-ring (bicyclic) bond motifs is 2. The predicted molar refractivity (Wildman–Crippen MR) is 135 cm³/mol. The lowest BCUT2D eigenvalue weighted by molar-refractivity contribution is -0.137. The predicted octanol–water partition coefficient (Wildman–Crippen LogP) is 3.42. The molecule has 0 bridgehead atoms. The van der Waals surface area contributed by atoms with Crippen LogP contribution in [0.4, 0.5) is 5.82 Å². The normalized spacial score (nSPS) is 25.6. The zero-order valence-electron chi connectivity index (χ0n) is 19.8. The highest BCUT2D eigenvalue weighted by Gasteiger charge is 2.40. The van der Waals surface area contributed by atoms with Gasteiger partial charge in [-0.1, -0.05) is 22.4 Å². The number of aromatic nitrogens is 2. The van der Waals surface area contributed by atoms with Crippen LogP contribution in [-0.2, 0) is 14.3 Å². The van der Waals surface area contributed by atoms with Crippen LogP contribution in [0.15, 0.2) is 22.7 Å². The Morgan fingerprint density at radius 1 is 1.26 bits per heavy atom. The van der Waals surface area contributed by atoms with Gasteiger partial charge in [0.2, 0.25) is 11.8 Å². The maximum atomic E-state index is 13.7. The number of benzene rings is 1. The van der Waals surface area contributed by atoms with Crippen molar-refractivity contribution in [2.75, 3.05) is 51.3 Å². The smallest absolute Gasteiger partial charge is 0.229 e. The Hall–Kier alpha value is -1.97. The standard InChI is InChI=1S/C25H34BrN5O3/c1-34-12-11-30(15-17-5-4-10-29-9-3-2-6-22(17)29)25(33)18-13-23(32)31(16-18)24-20-8-7-19(26)14-21(20)27-28-24/h7-8,14,17-18,22H,2-6,9-13,15-16H2,1H3,(H,27,28)/t17-,18+,22-/m0/s1. The molecule has 0 spiro atoms. The molecule has 3 saturated heterocycles. The number of hydrogen-bond acceptors (Lipinski definition) is 5. The number of rotatable bonds is 7. The summed E-state index contributed by atoms with van der Waals surface area (Å²) in [4.78, 5) is 33.0. The van der Waals surface area contributed by atoms with E-state index in [-0.39, 0.29) is 24.2 Å². The number of nitrogens with one attached hydrogen (secondary N) is 1. The summed E-state index contributed by atoms with van der Waals surface area (Å²) in [6, 6.07) is 6.41. The van der Waals surface area contributed by atoms with Crippen molar-refractivity contribution in [3.8, 4) is 0 Å². The van der Waals surface area contributed by atoms with Crippen LogP contribution in [0.2, 0.25) is 0 Å². The Bertz CT molecular complexity index is 1040. The number of H-pyrrole nitrogens is 1. The van der Waals surface area contributed by atoms with Gasteiger partial charge >= 0.3 is 0 Å². The molecule has 9 heteroatoms. The third-order valence-corrected chi connectivity index (χ3v) is 8.29. The molecule has 3 aliphatic heterocycles. The lowest BCUT2D eigenvalue weighted by Crippen LogP contribution is -2.52. The maximum Gasteiger partial charge on any atom is 0.229 e. The molecule has 1 aromatic heterocycles. The van der Waals surface area contributed by atoms with E-state index in [1.54, 1.807) is 12.0 Å². The van der Waals surface area contributed by atoms with E-state index < -0.39 is 0 Å². The maximum absolute atomic E-state index is 13.7. The van der Waals surface area contributed by atoms with Gasteiger partial charge in [-0.05, 0) is 62.9 Å². The quantitative estimate of drug-likeness (QED) is 0.591. The molecule has 2 amide bonds. The molecule has 3 aliphatic rings. The lowest BCUT2D eigenvalue weighted by atomic mass is 9.83. The first kappa shape index (κ1) is 23.8. The summed E-state index contributed by atoms with van der Waals surface area (Å²) in [5, 5.41) is 8.31. The summed E-state index contributed by atoms with van der Waals surface area (Å²) in [5.74, 6) is 0.784. The number of anilines is 1. The fourth-order valence-corrected chi connectivity index (χ4v) is 6.45. The van der Waals surface area contributed by atoms with Crippen LogP contribution < -0.4 is 4.90 Å². The van der Waals surface area contributed by atoms with Gasteiger partial charge in [0, 0.05) is 49.1 Å². The van der Waals surface area contributed by atoms with Gasteiger partial charge in [0.25, 0.3) is 0 Å². The van der Waals surface area contributed by atoms with E-state index in [2.05, 4.69) is 31.0 Å². The first-order chi connectivity index (χ1) is 16.5. The minimum atomic E-state index is -0.349. The van der Waals surface area contributed by atoms with Crippen molar-refractivity contribution < 1.29 is 14.3 Å². The van der Waals surface area contributed by atoms with Crippen molar-refractivity contribution in [1.29, 1.82) is 0 Å². The second kappa shape index (κ2) is 10.3. The minimum Gasteiger partial charge on any atom is -0.383 e. The molecule has 8 nitrogen and oxygen atoms in total. The molecule has 0 unspecified atom stereocenters. The minimum absolute atomic E-state index is 0.0440. The number of carbonyl (C=O) groups is 2. The first-order valence-electron chi connectivity index (χ1n) is 12.5. The Balaban J connectivity index is 1.31. The average molecular weight is 532 g/mol. The molecule has 2 aromatic rings. The van der Waals surface area contributed by atoms with Crippen LogP contribution >= 0.6 is 15.9 Å². The number of ether oxygens (including phenoxy) is 1. The highest BCUT2D eigenvalue weighted by atomic mass is 79.9. The fourth-order valence-electron chi connectivity index (χ4n) is 6.09. The van der Waals surface area contributed by atoms with Crippen LogP contribution in [0.25, 0.3) is 10.9 Å². The molecular weight excluding hydrogens is 498 g/mol. The summed E-state index contributed by atoms with van der Waals surface area (Å²) in [6.07, 6.45) is 6.40. The molecule has 1 aromatic carbocycles. The summed E-state index contributed by atoms with van der Waals surface area (Å²) in [5.41, 5.74) is 0.864. The summed E-state index contributed by atoms with van der Waals surface area (Å²) < 4.78 is 6.29. The largest absolute Gasteiger partial charge is 0.383 e. The van der Waals surface area contributed by atoms with Gasteiger partial charge in [-0.2, -0.15) is 5.10 Å². The first-order valence-corrected chi connectivity index (χ1v) is 13.3. The number of hydrogen-bond donors (Lipinski definition) is 1. The van der Waals surface area contributed by atoms with E-state index in [1.165, 1.54) is 45.2 Å². The molecule has 3 atom stereocenters. The Labute approximate surface area is 209 Å². The number of amides is 2. The number of carbonyl (C=O) groups excluding carboxylic acids is 2. The van der Waals surface area contributed by atoms with Crippen LogP contribution in [0.5, 0.6) is 0 Å². The highest BCUT2D eigenvalue weighted by molar-refractivity contribution is 9.10. The van der Waals surface area contributed by atoms with Gasteiger partial charge in [0.15, 0.2) is 5.82 Å². The number of halogens is 1. The van der Waals surface area contributed by atoms with Crippen LogP contribution in [0, 0.1) is 11.8 Å².